The molecule has 18 heavy (non-hydrogen) atoms. The van der Waals surface area contributed by atoms with Crippen LogP contribution in [0.4, 0.5) is 8.78 Å². The number of carbonyl (C=O) groups is 2. The summed E-state index contributed by atoms with van der Waals surface area (Å²) in [6, 6.07) is 0.629. The molecule has 2 atom stereocenters. The fourth-order valence-electron chi connectivity index (χ4n) is 1.28. The maximum Gasteiger partial charge on any atom is 0.328 e. The maximum atomic E-state index is 13.2. The molecule has 0 bridgehead atoms. The monoisotopic (exact) mass is 259 g/mol. The van der Waals surface area contributed by atoms with E-state index in [0.717, 1.165) is 19.1 Å². The molecule has 0 radical (unpaired) electrons. The number of carboxylic acids is 1. The number of hydrogen-bond donors (Lipinski definition) is 3. The van der Waals surface area contributed by atoms with Gasteiger partial charge in [-0.2, -0.15) is 0 Å². The molecule has 1 rings (SSSR count). The van der Waals surface area contributed by atoms with Crippen molar-refractivity contribution in [3.63, 3.8) is 0 Å². The number of benzene rings is 1. The summed E-state index contributed by atoms with van der Waals surface area (Å²) in [5.74, 6) is -4.40. The van der Waals surface area contributed by atoms with Crippen molar-refractivity contribution in [1.82, 2.24) is 5.32 Å². The smallest absolute Gasteiger partial charge is 0.328 e. The predicted octanol–water partition coefficient (Wildman–Crippen LogP) is 0.529. The molecule has 0 fully saturated rings. The molecule has 0 unspecified atom stereocenters. The normalized spacial score (nSPS) is 13.8. The Labute approximate surface area is 101 Å². The summed E-state index contributed by atoms with van der Waals surface area (Å²) in [7, 11) is 0. The third-order valence-corrected chi connectivity index (χ3v) is 2.21. The third-order valence-electron chi connectivity index (χ3n) is 2.21. The third kappa shape index (κ3) is 3.24. The number of aliphatic carboxylic acids is 1. The summed E-state index contributed by atoms with van der Waals surface area (Å²) in [5.41, 5.74) is -0.623. The number of hydrogen-bond acceptors (Lipinski definition) is 3. The van der Waals surface area contributed by atoms with Gasteiger partial charge in [-0.25, -0.2) is 13.6 Å². The minimum atomic E-state index is -1.60. The van der Waals surface area contributed by atoms with E-state index in [1.165, 1.54) is 0 Å². The van der Waals surface area contributed by atoms with Gasteiger partial charge in [-0.05, 0) is 25.1 Å². The van der Waals surface area contributed by atoms with Gasteiger partial charge in [0.25, 0.3) is 5.91 Å². The highest BCUT2D eigenvalue weighted by Crippen LogP contribution is 2.10. The van der Waals surface area contributed by atoms with Crippen LogP contribution in [0.1, 0.15) is 17.3 Å². The molecule has 7 heteroatoms. The molecule has 0 spiro atoms. The van der Waals surface area contributed by atoms with Crippen LogP contribution in [-0.4, -0.2) is 34.2 Å². The SMILES string of the molecule is C[C@@H](O)[C@H](NC(=O)c1cc(F)ccc1F)C(=O)O. The molecule has 5 nitrogen and oxygen atoms in total. The Balaban J connectivity index is 2.94. The highest BCUT2D eigenvalue weighted by atomic mass is 19.1. The first-order valence-corrected chi connectivity index (χ1v) is 4.99. The van der Waals surface area contributed by atoms with E-state index in [0.29, 0.717) is 6.07 Å². The van der Waals surface area contributed by atoms with Crippen molar-refractivity contribution < 1.29 is 28.6 Å². The molecule has 1 aromatic rings. The first-order valence-electron chi connectivity index (χ1n) is 4.99. The van der Waals surface area contributed by atoms with Gasteiger partial charge in [0.2, 0.25) is 0 Å². The highest BCUT2D eigenvalue weighted by molar-refractivity contribution is 5.96. The second-order valence-corrected chi connectivity index (χ2v) is 3.65. The first kappa shape index (κ1) is 14.0. The molecule has 98 valence electrons. The maximum absolute atomic E-state index is 13.2. The van der Waals surface area contributed by atoms with Crippen molar-refractivity contribution in [2.75, 3.05) is 0 Å². The summed E-state index contributed by atoms with van der Waals surface area (Å²) in [5, 5.41) is 19.8. The van der Waals surface area contributed by atoms with Crippen LogP contribution in [0.3, 0.4) is 0 Å². The number of aliphatic hydroxyl groups excluding tert-OH is 1. The van der Waals surface area contributed by atoms with Crippen LogP contribution in [-0.2, 0) is 4.79 Å². The number of carboxylic acid groups (broad SMARTS) is 1. The summed E-state index contributed by atoms with van der Waals surface area (Å²) in [6.45, 7) is 1.15. The van der Waals surface area contributed by atoms with Crippen molar-refractivity contribution in [3.05, 3.63) is 35.4 Å². The Hall–Kier alpha value is -2.02. The molecule has 1 aromatic carbocycles. The molecule has 0 aliphatic carbocycles. The van der Waals surface area contributed by atoms with E-state index in [9.17, 15) is 18.4 Å². The molecular weight excluding hydrogens is 248 g/mol. The summed E-state index contributed by atoms with van der Waals surface area (Å²) >= 11 is 0. The van der Waals surface area contributed by atoms with E-state index in [-0.39, 0.29) is 0 Å². The molecule has 3 N–H and O–H groups in total. The zero-order valence-electron chi connectivity index (χ0n) is 9.35. The largest absolute Gasteiger partial charge is 0.480 e. The fourth-order valence-corrected chi connectivity index (χ4v) is 1.28. The molecule has 0 saturated heterocycles. The molecular formula is C11H11F2NO4. The molecule has 0 saturated carbocycles. The Morgan fingerprint density at radius 2 is 1.94 bits per heavy atom. The van der Waals surface area contributed by atoms with Crippen molar-refractivity contribution in [2.45, 2.75) is 19.1 Å². The second kappa shape index (κ2) is 5.54. The average molecular weight is 259 g/mol. The van der Waals surface area contributed by atoms with Crippen molar-refractivity contribution in [3.8, 4) is 0 Å². The van der Waals surface area contributed by atoms with E-state index in [1.54, 1.807) is 0 Å². The van der Waals surface area contributed by atoms with Crippen molar-refractivity contribution >= 4 is 11.9 Å². The molecule has 1 amide bonds. The summed E-state index contributed by atoms with van der Waals surface area (Å²) in [4.78, 5) is 22.3. The molecule has 0 heterocycles. The number of halogens is 2. The van der Waals surface area contributed by atoms with Crippen LogP contribution >= 0.6 is 0 Å². The minimum absolute atomic E-state index is 0.623. The lowest BCUT2D eigenvalue weighted by molar-refractivity contribution is -0.141. The summed E-state index contributed by atoms with van der Waals surface area (Å²) in [6.07, 6.45) is -1.37. The Bertz CT molecular complexity index is 476. The van der Waals surface area contributed by atoms with Crippen LogP contribution in [0, 0.1) is 11.6 Å². The Kier molecular flexibility index (Phi) is 4.33. The van der Waals surface area contributed by atoms with Gasteiger partial charge in [-0.15, -0.1) is 0 Å². The van der Waals surface area contributed by atoms with Crippen LogP contribution < -0.4 is 5.32 Å². The van der Waals surface area contributed by atoms with E-state index in [4.69, 9.17) is 10.2 Å². The van der Waals surface area contributed by atoms with Crippen LogP contribution in [0.2, 0.25) is 0 Å². The van der Waals surface area contributed by atoms with Gasteiger partial charge in [0.15, 0.2) is 6.04 Å². The lowest BCUT2D eigenvalue weighted by Gasteiger charge is -2.17. The minimum Gasteiger partial charge on any atom is -0.480 e. The standard InChI is InChI=1S/C11H11F2NO4/c1-5(15)9(11(17)18)14-10(16)7-4-6(12)2-3-8(7)13/h2-5,9,15H,1H3,(H,14,16)(H,17,18)/t5-,9+/m1/s1. The number of carbonyl (C=O) groups excluding carboxylic acids is 1. The van der Waals surface area contributed by atoms with E-state index < -0.39 is 41.2 Å². The van der Waals surface area contributed by atoms with Crippen molar-refractivity contribution in [2.24, 2.45) is 0 Å². The average Bonchev–Trinajstić information content (AvgIpc) is 2.28. The van der Waals surface area contributed by atoms with Crippen LogP contribution in [0.25, 0.3) is 0 Å². The van der Waals surface area contributed by atoms with Crippen LogP contribution in [0.5, 0.6) is 0 Å². The van der Waals surface area contributed by atoms with E-state index >= 15 is 0 Å². The fraction of sp³-hybridized carbons (Fsp3) is 0.273. The summed E-state index contributed by atoms with van der Waals surface area (Å²) < 4.78 is 26.1. The van der Waals surface area contributed by atoms with E-state index in [1.807, 2.05) is 5.32 Å². The van der Waals surface area contributed by atoms with Gasteiger partial charge >= 0.3 is 5.97 Å². The van der Waals surface area contributed by atoms with Gasteiger partial charge in [0.1, 0.15) is 11.6 Å². The Morgan fingerprint density at radius 1 is 1.33 bits per heavy atom. The van der Waals surface area contributed by atoms with Gasteiger partial charge in [0.05, 0.1) is 11.7 Å². The van der Waals surface area contributed by atoms with Crippen molar-refractivity contribution in [1.29, 1.82) is 0 Å². The molecule has 0 aromatic heterocycles. The quantitative estimate of drug-likeness (QED) is 0.736. The number of nitrogens with one attached hydrogen (secondary N) is 1. The lowest BCUT2D eigenvalue weighted by Crippen LogP contribution is -2.47. The molecule has 0 aliphatic heterocycles. The lowest BCUT2D eigenvalue weighted by atomic mass is 10.1. The van der Waals surface area contributed by atoms with Gasteiger partial charge in [-0.1, -0.05) is 0 Å². The zero-order chi connectivity index (χ0) is 13.9. The number of amides is 1. The van der Waals surface area contributed by atoms with E-state index in [2.05, 4.69) is 0 Å². The predicted molar refractivity (Wildman–Crippen MR) is 56.9 cm³/mol. The number of aliphatic hydroxyl groups is 1. The topological polar surface area (TPSA) is 86.6 Å². The molecule has 0 aliphatic rings. The van der Waals surface area contributed by atoms with Gasteiger partial charge < -0.3 is 15.5 Å². The zero-order valence-corrected chi connectivity index (χ0v) is 9.35. The number of rotatable bonds is 4. The van der Waals surface area contributed by atoms with Gasteiger partial charge in [-0.3, -0.25) is 4.79 Å². The second-order valence-electron chi connectivity index (χ2n) is 3.65. The first-order chi connectivity index (χ1) is 8.32. The van der Waals surface area contributed by atoms with Crippen LogP contribution in [0.15, 0.2) is 18.2 Å². The Morgan fingerprint density at radius 3 is 2.44 bits per heavy atom. The van der Waals surface area contributed by atoms with Gasteiger partial charge in [0, 0.05) is 0 Å². The highest BCUT2D eigenvalue weighted by Gasteiger charge is 2.26.